The van der Waals surface area contributed by atoms with Gasteiger partial charge in [-0.3, -0.25) is 19.4 Å². The van der Waals surface area contributed by atoms with E-state index in [2.05, 4.69) is 0 Å². The summed E-state index contributed by atoms with van der Waals surface area (Å²) in [5.41, 5.74) is 0.971. The minimum atomic E-state index is -0.763. The molecule has 5 nitrogen and oxygen atoms in total. The Labute approximate surface area is 117 Å². The van der Waals surface area contributed by atoms with Crippen LogP contribution in [0.15, 0.2) is 36.4 Å². The van der Waals surface area contributed by atoms with Crippen molar-refractivity contribution in [2.45, 2.75) is 19.9 Å². The summed E-state index contributed by atoms with van der Waals surface area (Å²) in [6.07, 6.45) is 3.51. The molecule has 0 N–H and O–H groups in total. The Balaban J connectivity index is 2.07. The number of rotatable bonds is 4. The van der Waals surface area contributed by atoms with E-state index in [1.165, 1.54) is 0 Å². The topological polar surface area (TPSA) is 57.7 Å². The number of nitrogens with zero attached hydrogens (tertiary/aromatic N) is 2. The van der Waals surface area contributed by atoms with Crippen LogP contribution in [0.25, 0.3) is 6.08 Å². The van der Waals surface area contributed by atoms with Gasteiger partial charge in [-0.2, -0.15) is 0 Å². The van der Waals surface area contributed by atoms with Crippen molar-refractivity contribution < 1.29 is 14.4 Å². The first-order chi connectivity index (χ1) is 9.52. The average molecular weight is 272 g/mol. The monoisotopic (exact) mass is 272 g/mol. The number of amides is 4. The second-order valence-corrected chi connectivity index (χ2v) is 4.78. The lowest BCUT2D eigenvalue weighted by Crippen LogP contribution is -2.38. The number of carbonyl (C=O) groups excluding carboxylic acids is 3. The van der Waals surface area contributed by atoms with Crippen LogP contribution in [0.5, 0.6) is 0 Å². The van der Waals surface area contributed by atoms with Gasteiger partial charge in [-0.25, -0.2) is 4.79 Å². The standard InChI is InChI=1S/C15H16N2O3/c1-11(2)17-14(19)13(18)16(15(17)20)10-6-9-12-7-4-3-5-8-12/h3-9,11H,10H2,1-2H3/b9-6+. The van der Waals surface area contributed by atoms with Gasteiger partial charge in [0.2, 0.25) is 0 Å². The lowest BCUT2D eigenvalue weighted by Gasteiger charge is -2.17. The second-order valence-electron chi connectivity index (χ2n) is 4.78. The molecule has 1 aromatic carbocycles. The number of imide groups is 2. The van der Waals surface area contributed by atoms with Gasteiger partial charge < -0.3 is 0 Å². The summed E-state index contributed by atoms with van der Waals surface area (Å²) < 4.78 is 0. The van der Waals surface area contributed by atoms with E-state index in [1.807, 2.05) is 36.4 Å². The van der Waals surface area contributed by atoms with Crippen molar-refractivity contribution in [2.24, 2.45) is 0 Å². The van der Waals surface area contributed by atoms with Crippen LogP contribution < -0.4 is 0 Å². The fourth-order valence-electron chi connectivity index (χ4n) is 2.00. The second kappa shape index (κ2) is 5.69. The van der Waals surface area contributed by atoms with Crippen LogP contribution in [-0.2, 0) is 9.59 Å². The normalized spacial score (nSPS) is 16.1. The molecule has 1 saturated heterocycles. The first kappa shape index (κ1) is 14.0. The van der Waals surface area contributed by atoms with Crippen molar-refractivity contribution in [1.29, 1.82) is 0 Å². The lowest BCUT2D eigenvalue weighted by atomic mass is 10.2. The number of carbonyl (C=O) groups is 3. The van der Waals surface area contributed by atoms with Gasteiger partial charge in [0.15, 0.2) is 0 Å². The van der Waals surface area contributed by atoms with Crippen LogP contribution in [0.4, 0.5) is 4.79 Å². The zero-order valence-corrected chi connectivity index (χ0v) is 11.4. The van der Waals surface area contributed by atoms with E-state index >= 15 is 0 Å². The van der Waals surface area contributed by atoms with Gasteiger partial charge in [0.25, 0.3) is 0 Å². The van der Waals surface area contributed by atoms with Crippen molar-refractivity contribution in [3.63, 3.8) is 0 Å². The first-order valence-electron chi connectivity index (χ1n) is 6.43. The van der Waals surface area contributed by atoms with E-state index < -0.39 is 17.8 Å². The quantitative estimate of drug-likeness (QED) is 0.621. The summed E-state index contributed by atoms with van der Waals surface area (Å²) in [5.74, 6) is -1.51. The van der Waals surface area contributed by atoms with Gasteiger partial charge >= 0.3 is 17.8 Å². The fraction of sp³-hybridized carbons (Fsp3) is 0.267. The highest BCUT2D eigenvalue weighted by Crippen LogP contribution is 2.15. The van der Waals surface area contributed by atoms with Crippen molar-refractivity contribution >= 4 is 23.9 Å². The summed E-state index contributed by atoms with van der Waals surface area (Å²) >= 11 is 0. The van der Waals surface area contributed by atoms with Crippen LogP contribution in [0.3, 0.4) is 0 Å². The van der Waals surface area contributed by atoms with Crippen LogP contribution in [0, 0.1) is 0 Å². The van der Waals surface area contributed by atoms with E-state index in [-0.39, 0.29) is 12.6 Å². The maximum Gasteiger partial charge on any atom is 0.334 e. The van der Waals surface area contributed by atoms with Crippen molar-refractivity contribution in [1.82, 2.24) is 9.80 Å². The number of hydrogen-bond donors (Lipinski definition) is 0. The van der Waals surface area contributed by atoms with Crippen LogP contribution in [-0.4, -0.2) is 40.2 Å². The SMILES string of the molecule is CC(C)N1C(=O)C(=O)N(C/C=C/c2ccccc2)C1=O. The first-order valence-corrected chi connectivity index (χ1v) is 6.43. The van der Waals surface area contributed by atoms with Crippen molar-refractivity contribution in [3.8, 4) is 0 Å². The van der Waals surface area contributed by atoms with Crippen molar-refractivity contribution in [2.75, 3.05) is 6.54 Å². The van der Waals surface area contributed by atoms with Gasteiger partial charge in [-0.05, 0) is 19.4 Å². The van der Waals surface area contributed by atoms with Gasteiger partial charge in [0.05, 0.1) is 0 Å². The van der Waals surface area contributed by atoms with Crippen LogP contribution in [0.1, 0.15) is 19.4 Å². The molecule has 0 unspecified atom stereocenters. The Bertz CT molecular complexity index is 564. The Morgan fingerprint density at radius 2 is 1.70 bits per heavy atom. The summed E-state index contributed by atoms with van der Waals surface area (Å²) in [6.45, 7) is 3.50. The van der Waals surface area contributed by atoms with E-state index in [0.717, 1.165) is 15.4 Å². The molecule has 0 radical (unpaired) electrons. The average Bonchev–Trinajstić information content (AvgIpc) is 2.63. The third-order valence-corrected chi connectivity index (χ3v) is 3.00. The van der Waals surface area contributed by atoms with Crippen molar-refractivity contribution in [3.05, 3.63) is 42.0 Å². The minimum absolute atomic E-state index is 0.0987. The molecular weight excluding hydrogens is 256 g/mol. The summed E-state index contributed by atoms with van der Waals surface area (Å²) in [4.78, 5) is 37.4. The molecule has 4 amide bonds. The third-order valence-electron chi connectivity index (χ3n) is 3.00. The lowest BCUT2D eigenvalue weighted by molar-refractivity contribution is -0.143. The van der Waals surface area contributed by atoms with Gasteiger partial charge in [0.1, 0.15) is 0 Å². The summed E-state index contributed by atoms with van der Waals surface area (Å²) in [6, 6.07) is 8.66. The molecule has 0 atom stereocenters. The Kier molecular flexibility index (Phi) is 3.98. The van der Waals surface area contributed by atoms with E-state index in [1.54, 1.807) is 19.9 Å². The highest BCUT2D eigenvalue weighted by atomic mass is 16.2. The molecule has 1 aliphatic rings. The molecule has 0 aromatic heterocycles. The largest absolute Gasteiger partial charge is 0.334 e. The van der Waals surface area contributed by atoms with Gasteiger partial charge in [0, 0.05) is 12.6 Å². The van der Waals surface area contributed by atoms with Crippen LogP contribution >= 0.6 is 0 Å². The molecule has 1 aliphatic heterocycles. The Morgan fingerprint density at radius 3 is 2.25 bits per heavy atom. The molecule has 0 saturated carbocycles. The molecule has 1 heterocycles. The zero-order valence-electron chi connectivity index (χ0n) is 11.4. The van der Waals surface area contributed by atoms with E-state index in [9.17, 15) is 14.4 Å². The number of hydrogen-bond acceptors (Lipinski definition) is 3. The van der Waals surface area contributed by atoms with E-state index in [4.69, 9.17) is 0 Å². The smallest absolute Gasteiger partial charge is 0.263 e. The Hall–Kier alpha value is -2.43. The minimum Gasteiger partial charge on any atom is -0.263 e. The Morgan fingerprint density at radius 1 is 1.05 bits per heavy atom. The molecule has 2 rings (SSSR count). The number of urea groups is 1. The summed E-state index contributed by atoms with van der Waals surface area (Å²) in [5, 5.41) is 0. The van der Waals surface area contributed by atoms with E-state index in [0.29, 0.717) is 0 Å². The maximum absolute atomic E-state index is 12.0. The van der Waals surface area contributed by atoms with Crippen LogP contribution in [0.2, 0.25) is 0 Å². The molecule has 20 heavy (non-hydrogen) atoms. The maximum atomic E-state index is 12.0. The molecule has 1 aromatic rings. The number of benzene rings is 1. The highest BCUT2D eigenvalue weighted by Gasteiger charge is 2.44. The molecule has 104 valence electrons. The fourth-order valence-corrected chi connectivity index (χ4v) is 2.00. The van der Waals surface area contributed by atoms with Gasteiger partial charge in [-0.15, -0.1) is 0 Å². The molecule has 0 spiro atoms. The predicted molar refractivity (Wildman–Crippen MR) is 74.6 cm³/mol. The molecule has 5 heteroatoms. The predicted octanol–water partition coefficient (Wildman–Crippen LogP) is 1.90. The molecule has 0 bridgehead atoms. The third kappa shape index (κ3) is 2.61. The molecule has 0 aliphatic carbocycles. The highest BCUT2D eigenvalue weighted by molar-refractivity contribution is 6.44. The molecular formula is C15H16N2O3. The zero-order chi connectivity index (χ0) is 14.7. The summed E-state index contributed by atoms with van der Waals surface area (Å²) in [7, 11) is 0. The molecule has 1 fully saturated rings. The van der Waals surface area contributed by atoms with Gasteiger partial charge in [-0.1, -0.05) is 42.5 Å².